The van der Waals surface area contributed by atoms with Gasteiger partial charge in [0.1, 0.15) is 0 Å². The Morgan fingerprint density at radius 1 is 1.15 bits per heavy atom. The van der Waals surface area contributed by atoms with Crippen molar-refractivity contribution in [3.8, 4) is 0 Å². The summed E-state index contributed by atoms with van der Waals surface area (Å²) in [5.41, 5.74) is 1.59. The monoisotopic (exact) mass is 360 g/mol. The van der Waals surface area contributed by atoms with Crippen LogP contribution in [0.15, 0.2) is 61.1 Å². The first-order chi connectivity index (χ1) is 13.2. The number of ether oxygens (including phenoxy) is 1. The second-order valence-electron chi connectivity index (χ2n) is 5.97. The first kappa shape index (κ1) is 16.7. The van der Waals surface area contributed by atoms with Gasteiger partial charge in [0.05, 0.1) is 19.0 Å². The zero-order valence-electron chi connectivity index (χ0n) is 14.5. The zero-order valence-corrected chi connectivity index (χ0v) is 14.5. The quantitative estimate of drug-likeness (QED) is 0.566. The van der Waals surface area contributed by atoms with Crippen LogP contribution in [0.1, 0.15) is 16.1 Å². The third kappa shape index (κ3) is 3.10. The highest BCUT2D eigenvalue weighted by Crippen LogP contribution is 2.20. The van der Waals surface area contributed by atoms with Crippen LogP contribution in [0.3, 0.4) is 0 Å². The summed E-state index contributed by atoms with van der Waals surface area (Å²) in [7, 11) is 1.29. The molecule has 0 radical (unpaired) electrons. The summed E-state index contributed by atoms with van der Waals surface area (Å²) in [6, 6.07) is 13.0. The number of fused-ring (bicyclic) bond motifs is 2. The van der Waals surface area contributed by atoms with Crippen LogP contribution in [-0.4, -0.2) is 33.4 Å². The molecule has 1 N–H and O–H groups in total. The number of methoxy groups -OCH3 is 1. The molecule has 7 nitrogen and oxygen atoms in total. The largest absolute Gasteiger partial charge is 0.464 e. The van der Waals surface area contributed by atoms with Crippen molar-refractivity contribution in [2.75, 3.05) is 12.4 Å². The maximum Gasteiger partial charge on any atom is 0.359 e. The normalized spacial score (nSPS) is 10.9. The maximum absolute atomic E-state index is 12.6. The Morgan fingerprint density at radius 3 is 2.89 bits per heavy atom. The molecule has 0 saturated heterocycles. The van der Waals surface area contributed by atoms with E-state index in [1.165, 1.54) is 7.11 Å². The standard InChI is InChI=1S/C20H16N4O3/c1-27-19(26)18-16-7-2-3-10-24(16)20(23-18)22-17(25)11-14-6-4-5-13-8-9-21-12-15(13)14/h2-10,12H,11H2,1H3,(H,22,23,25). The number of hydrogen-bond acceptors (Lipinski definition) is 5. The Labute approximate surface area is 154 Å². The van der Waals surface area contributed by atoms with Gasteiger partial charge in [0.15, 0.2) is 5.69 Å². The predicted octanol–water partition coefficient (Wildman–Crippen LogP) is 2.85. The smallest absolute Gasteiger partial charge is 0.359 e. The first-order valence-electron chi connectivity index (χ1n) is 8.34. The van der Waals surface area contributed by atoms with Gasteiger partial charge < -0.3 is 4.74 Å². The lowest BCUT2D eigenvalue weighted by Gasteiger charge is -2.07. The highest BCUT2D eigenvalue weighted by molar-refractivity contribution is 5.99. The molecule has 0 bridgehead atoms. The number of carbonyl (C=O) groups excluding carboxylic acids is 2. The number of carbonyl (C=O) groups is 2. The van der Waals surface area contributed by atoms with Crippen molar-refractivity contribution in [3.05, 3.63) is 72.3 Å². The van der Waals surface area contributed by atoms with Crippen LogP contribution < -0.4 is 5.32 Å². The zero-order chi connectivity index (χ0) is 18.8. The van der Waals surface area contributed by atoms with E-state index in [0.29, 0.717) is 5.52 Å². The van der Waals surface area contributed by atoms with Crippen molar-refractivity contribution in [1.82, 2.24) is 14.4 Å². The van der Waals surface area contributed by atoms with E-state index in [4.69, 9.17) is 4.74 Å². The minimum Gasteiger partial charge on any atom is -0.464 e. The number of amides is 1. The topological polar surface area (TPSA) is 85.6 Å². The summed E-state index contributed by atoms with van der Waals surface area (Å²) < 4.78 is 6.42. The number of pyridine rings is 2. The van der Waals surface area contributed by atoms with Gasteiger partial charge >= 0.3 is 5.97 Å². The number of esters is 1. The van der Waals surface area contributed by atoms with Gasteiger partial charge in [-0.25, -0.2) is 9.78 Å². The van der Waals surface area contributed by atoms with Crippen LogP contribution in [0, 0.1) is 0 Å². The second kappa shape index (κ2) is 6.87. The second-order valence-corrected chi connectivity index (χ2v) is 5.97. The van der Waals surface area contributed by atoms with Crippen LogP contribution in [0.5, 0.6) is 0 Å². The van der Waals surface area contributed by atoms with Crippen molar-refractivity contribution in [3.63, 3.8) is 0 Å². The van der Waals surface area contributed by atoms with Gasteiger partial charge in [-0.3, -0.25) is 19.5 Å². The van der Waals surface area contributed by atoms with Gasteiger partial charge in [-0.15, -0.1) is 0 Å². The number of nitrogens with zero attached hydrogens (tertiary/aromatic N) is 3. The summed E-state index contributed by atoms with van der Waals surface area (Å²) in [5, 5.41) is 4.73. The fourth-order valence-corrected chi connectivity index (χ4v) is 3.05. The van der Waals surface area contributed by atoms with Crippen LogP contribution in [-0.2, 0) is 16.0 Å². The molecule has 0 aliphatic heterocycles. The summed E-state index contributed by atoms with van der Waals surface area (Å²) in [6.45, 7) is 0. The molecule has 0 atom stereocenters. The van der Waals surface area contributed by atoms with E-state index < -0.39 is 5.97 Å². The van der Waals surface area contributed by atoms with E-state index in [9.17, 15) is 9.59 Å². The van der Waals surface area contributed by atoms with E-state index in [2.05, 4.69) is 15.3 Å². The average molecular weight is 360 g/mol. The van der Waals surface area contributed by atoms with Gasteiger partial charge in [0, 0.05) is 24.0 Å². The molecule has 0 saturated carbocycles. The highest BCUT2D eigenvalue weighted by Gasteiger charge is 2.19. The molecule has 1 aromatic carbocycles. The average Bonchev–Trinajstić information content (AvgIpc) is 3.06. The molecule has 0 aliphatic rings. The van der Waals surface area contributed by atoms with Crippen LogP contribution in [0.25, 0.3) is 16.3 Å². The van der Waals surface area contributed by atoms with Gasteiger partial charge in [-0.2, -0.15) is 0 Å². The van der Waals surface area contributed by atoms with Gasteiger partial charge in [-0.05, 0) is 29.1 Å². The fourth-order valence-electron chi connectivity index (χ4n) is 3.05. The molecule has 0 aliphatic carbocycles. The van der Waals surface area contributed by atoms with E-state index in [-0.39, 0.29) is 24.0 Å². The Hall–Kier alpha value is -3.74. The minimum absolute atomic E-state index is 0.155. The maximum atomic E-state index is 12.6. The molecule has 4 rings (SSSR count). The predicted molar refractivity (Wildman–Crippen MR) is 101 cm³/mol. The van der Waals surface area contributed by atoms with Crippen molar-refractivity contribution in [2.24, 2.45) is 0 Å². The fraction of sp³-hybridized carbons (Fsp3) is 0.100. The lowest BCUT2D eigenvalue weighted by Crippen LogP contribution is -2.16. The molecule has 0 fully saturated rings. The number of imidazole rings is 1. The molecule has 27 heavy (non-hydrogen) atoms. The number of anilines is 1. The Bertz CT molecular complexity index is 1160. The molecule has 0 spiro atoms. The number of rotatable bonds is 4. The van der Waals surface area contributed by atoms with E-state index in [0.717, 1.165) is 16.3 Å². The van der Waals surface area contributed by atoms with Gasteiger partial charge in [0.25, 0.3) is 0 Å². The minimum atomic E-state index is -0.556. The van der Waals surface area contributed by atoms with Crippen molar-refractivity contribution in [2.45, 2.75) is 6.42 Å². The third-order valence-electron chi connectivity index (χ3n) is 4.30. The number of hydrogen-bond donors (Lipinski definition) is 1. The van der Waals surface area contributed by atoms with Gasteiger partial charge in [0.2, 0.25) is 11.9 Å². The van der Waals surface area contributed by atoms with Crippen molar-refractivity contribution >= 4 is 34.1 Å². The number of benzene rings is 1. The van der Waals surface area contributed by atoms with E-state index in [1.807, 2.05) is 24.3 Å². The van der Waals surface area contributed by atoms with Crippen LogP contribution in [0.2, 0.25) is 0 Å². The lowest BCUT2D eigenvalue weighted by atomic mass is 10.0. The summed E-state index contributed by atoms with van der Waals surface area (Å²) in [5.74, 6) is -0.521. The SMILES string of the molecule is COC(=O)c1nc(NC(=O)Cc2cccc3ccncc23)n2ccccc12. The van der Waals surface area contributed by atoms with Crippen LogP contribution >= 0.6 is 0 Å². The Morgan fingerprint density at radius 2 is 2.04 bits per heavy atom. The number of aromatic nitrogens is 3. The summed E-state index contributed by atoms with van der Waals surface area (Å²) in [4.78, 5) is 32.9. The van der Waals surface area contributed by atoms with Gasteiger partial charge in [-0.1, -0.05) is 24.3 Å². The summed E-state index contributed by atoms with van der Waals surface area (Å²) in [6.07, 6.45) is 5.36. The molecule has 0 unspecified atom stereocenters. The molecule has 7 heteroatoms. The Balaban J connectivity index is 1.64. The van der Waals surface area contributed by atoms with E-state index >= 15 is 0 Å². The van der Waals surface area contributed by atoms with Crippen molar-refractivity contribution in [1.29, 1.82) is 0 Å². The van der Waals surface area contributed by atoms with Crippen molar-refractivity contribution < 1.29 is 14.3 Å². The van der Waals surface area contributed by atoms with Crippen LogP contribution in [0.4, 0.5) is 5.95 Å². The molecular weight excluding hydrogens is 344 g/mol. The molecule has 134 valence electrons. The number of nitrogens with one attached hydrogen (secondary N) is 1. The Kier molecular flexibility index (Phi) is 4.25. The highest BCUT2D eigenvalue weighted by atomic mass is 16.5. The molecular formula is C20H16N4O3. The molecule has 3 aromatic heterocycles. The molecule has 3 heterocycles. The van der Waals surface area contributed by atoms with E-state index in [1.54, 1.807) is 41.2 Å². The molecule has 1 amide bonds. The summed E-state index contributed by atoms with van der Waals surface area (Å²) >= 11 is 0. The first-order valence-corrected chi connectivity index (χ1v) is 8.34. The third-order valence-corrected chi connectivity index (χ3v) is 4.30. The lowest BCUT2D eigenvalue weighted by molar-refractivity contribution is -0.115. The molecule has 4 aromatic rings.